The summed E-state index contributed by atoms with van der Waals surface area (Å²) in [5, 5.41) is 37.6. The van der Waals surface area contributed by atoms with Crippen LogP contribution in [0, 0.1) is 5.92 Å². The maximum absolute atomic E-state index is 13.8. The zero-order valence-corrected chi connectivity index (χ0v) is 35.7. The fraction of sp³-hybridized carbons (Fsp3) is 0.487. The smallest absolute Gasteiger partial charge is 0.540 e. The van der Waals surface area contributed by atoms with E-state index in [1.54, 1.807) is 31.4 Å². The van der Waals surface area contributed by atoms with Gasteiger partial charge in [-0.05, 0) is 67.0 Å². The van der Waals surface area contributed by atoms with E-state index in [0.717, 1.165) is 7.11 Å². The van der Waals surface area contributed by atoms with Crippen LogP contribution in [0.5, 0.6) is 5.75 Å². The van der Waals surface area contributed by atoms with E-state index in [9.17, 15) is 43.5 Å². The van der Waals surface area contributed by atoms with Crippen LogP contribution in [0.1, 0.15) is 68.4 Å². The summed E-state index contributed by atoms with van der Waals surface area (Å²) in [4.78, 5) is 101. The molecule has 0 aliphatic carbocycles. The van der Waals surface area contributed by atoms with Crippen molar-refractivity contribution >= 4 is 53.7 Å². The van der Waals surface area contributed by atoms with Crippen LogP contribution in [0.15, 0.2) is 36.4 Å². The molecule has 2 aromatic carbocycles. The third-order valence-corrected chi connectivity index (χ3v) is 10.2. The molecule has 3 aliphatic heterocycles. The minimum Gasteiger partial charge on any atom is -0.540 e. The van der Waals surface area contributed by atoms with Crippen molar-refractivity contribution in [3.05, 3.63) is 58.7 Å². The summed E-state index contributed by atoms with van der Waals surface area (Å²) >= 11 is 0. The van der Waals surface area contributed by atoms with Crippen molar-refractivity contribution in [3.63, 3.8) is 0 Å². The summed E-state index contributed by atoms with van der Waals surface area (Å²) < 4.78 is 6.71. The average molecular weight is 831 g/mol. The predicted molar refractivity (Wildman–Crippen MR) is 207 cm³/mol. The number of ether oxygens (including phenoxy) is 1. The number of para-hydroxylation sites is 1. The summed E-state index contributed by atoms with van der Waals surface area (Å²) in [6.45, 7) is 3.70. The van der Waals surface area contributed by atoms with Crippen molar-refractivity contribution in [2.24, 2.45) is 11.7 Å². The molecule has 8 atom stereocenters. The Labute approximate surface area is 363 Å². The number of carbonyl (C=O) groups is 7. The summed E-state index contributed by atoms with van der Waals surface area (Å²) in [7, 11) is 1.00. The monoisotopic (exact) mass is 830 g/mol. The van der Waals surface area contributed by atoms with Crippen LogP contribution in [-0.2, 0) is 50.2 Å². The van der Waals surface area contributed by atoms with E-state index in [4.69, 9.17) is 15.6 Å². The molecule has 3 heterocycles. The van der Waals surface area contributed by atoms with Gasteiger partial charge < -0.3 is 67.5 Å². The van der Waals surface area contributed by atoms with Crippen LogP contribution in [-0.4, -0.2) is 115 Å². The topological polar surface area (TPSA) is 296 Å². The van der Waals surface area contributed by atoms with Crippen molar-refractivity contribution in [2.75, 3.05) is 32.1 Å². The summed E-state index contributed by atoms with van der Waals surface area (Å²) in [5.74, 6) is -3.89. The Hall–Kier alpha value is -4.92. The van der Waals surface area contributed by atoms with Gasteiger partial charge in [-0.25, -0.2) is 6.29 Å². The van der Waals surface area contributed by atoms with E-state index in [-0.39, 0.29) is 73.3 Å². The molecule has 6 amide bonds. The molecule has 7 unspecified atom stereocenters. The number of nitrogens with two attached hydrogens (primary N) is 1. The van der Waals surface area contributed by atoms with Gasteiger partial charge in [-0.1, -0.05) is 38.6 Å². The van der Waals surface area contributed by atoms with Gasteiger partial charge in [0.15, 0.2) is 6.23 Å². The van der Waals surface area contributed by atoms with Gasteiger partial charge in [0.05, 0.1) is 24.5 Å². The van der Waals surface area contributed by atoms with E-state index in [1.165, 1.54) is 6.92 Å². The van der Waals surface area contributed by atoms with Gasteiger partial charge in [-0.2, -0.15) is 0 Å². The third-order valence-electron chi connectivity index (χ3n) is 10.2. The molecular weight excluding hydrogens is 779 g/mol. The number of anilines is 1. The fourth-order valence-corrected chi connectivity index (χ4v) is 7.47. The summed E-state index contributed by atoms with van der Waals surface area (Å²) in [6.07, 6.45) is -0.181. The first-order chi connectivity index (χ1) is 27.7. The number of hydrogen-bond donors (Lipinski definition) is 10. The maximum Gasteiger partial charge on any atom is 1.00 e. The number of fused-ring (bicyclic) bond motifs is 8. The second-order valence-electron chi connectivity index (χ2n) is 14.3. The Kier molecular flexibility index (Phi) is 18.0. The minimum atomic E-state index is -1.71. The molecule has 314 valence electrons. The summed E-state index contributed by atoms with van der Waals surface area (Å²) in [6, 6.07) is 5.61. The molecule has 0 spiro atoms. The van der Waals surface area contributed by atoms with E-state index >= 15 is 0 Å². The first kappa shape index (κ1) is 48.4. The zero-order valence-electron chi connectivity index (χ0n) is 33.7. The Morgan fingerprint density at radius 2 is 1.76 bits per heavy atom. The molecule has 0 aromatic heterocycles. The Morgan fingerprint density at radius 3 is 2.42 bits per heavy atom. The van der Waals surface area contributed by atoms with Gasteiger partial charge in [-0.3, -0.25) is 28.8 Å². The zero-order chi connectivity index (χ0) is 42.7. The van der Waals surface area contributed by atoms with E-state index < -0.39 is 90.4 Å². The average Bonchev–Trinajstić information content (AvgIpc) is 3.69. The number of amides is 6. The minimum absolute atomic E-state index is 0. The Bertz CT molecular complexity index is 1900. The molecule has 5 rings (SSSR count). The molecule has 19 nitrogen and oxygen atoms in total. The van der Waals surface area contributed by atoms with Crippen molar-refractivity contribution in [3.8, 4) is 5.75 Å². The number of nitrogens with one attached hydrogen (secondary N) is 7. The second-order valence-corrected chi connectivity index (χ2v) is 14.3. The SMILES string of the molecule is CCC(=O)NC(C[C@@]12c3ccccc3NC1Oc1c3cc(cc12)C(O)C(C(=O)NC[C-]=O)NC(=O)C(NC(=O)C(C)N)CC(C)C3)C(=O)NCC(=O)NCC=O.CO.[Na+]. The van der Waals surface area contributed by atoms with Crippen LogP contribution >= 0.6 is 0 Å². The number of aldehydes is 1. The van der Waals surface area contributed by atoms with Crippen LogP contribution in [0.4, 0.5) is 5.69 Å². The molecule has 20 heteroatoms. The summed E-state index contributed by atoms with van der Waals surface area (Å²) in [5.41, 5.74) is 7.24. The largest absolute Gasteiger partial charge is 1.00 e. The normalized spacial score (nSPS) is 23.2. The number of carbonyl (C=O) groups excluding carboxylic acids is 8. The van der Waals surface area contributed by atoms with Crippen molar-refractivity contribution < 1.29 is 82.9 Å². The van der Waals surface area contributed by atoms with Crippen LogP contribution in [0.25, 0.3) is 0 Å². The Balaban J connectivity index is 0.00000305. The quantitative estimate of drug-likeness (QED) is 0.0484. The molecule has 2 bridgehead atoms. The molecule has 0 radical (unpaired) electrons. The van der Waals surface area contributed by atoms with E-state index in [0.29, 0.717) is 34.4 Å². The van der Waals surface area contributed by atoms with Crippen molar-refractivity contribution in [1.82, 2.24) is 31.9 Å². The number of benzene rings is 2. The molecule has 3 aliphatic rings. The number of aliphatic hydroxyl groups excluding tert-OH is 2. The fourth-order valence-electron chi connectivity index (χ4n) is 7.47. The molecule has 0 fully saturated rings. The predicted octanol–water partition coefficient (Wildman–Crippen LogP) is -5.40. The van der Waals surface area contributed by atoms with Gasteiger partial charge in [-0.15, -0.1) is 0 Å². The first-order valence-corrected chi connectivity index (χ1v) is 18.8. The van der Waals surface area contributed by atoms with Crippen molar-refractivity contribution in [2.45, 2.75) is 88.4 Å². The first-order valence-electron chi connectivity index (χ1n) is 18.8. The van der Waals surface area contributed by atoms with E-state index in [1.807, 2.05) is 25.1 Å². The van der Waals surface area contributed by atoms with Crippen molar-refractivity contribution in [1.29, 1.82) is 0 Å². The van der Waals surface area contributed by atoms with Gasteiger partial charge in [0.25, 0.3) is 0 Å². The van der Waals surface area contributed by atoms with Gasteiger partial charge in [0.1, 0.15) is 36.3 Å². The van der Waals surface area contributed by atoms with Gasteiger partial charge in [0, 0.05) is 24.8 Å². The number of aliphatic hydroxyl groups is 2. The molecule has 2 aromatic rings. The maximum atomic E-state index is 13.8. The molecule has 59 heavy (non-hydrogen) atoms. The standard InChI is InChI=1S/C38H47N8O10.CH4O.Na/c1-4-28(49)43-27(34(53)42-18-29(50)40-9-11-47)17-38-23-7-5-6-8-25(23)45-37(38)56-32-22-13-19(2)14-26(44-33(52)20(3)39)35(54)46-30(36(55)41-10-12-48)31(51)21(15-22)16-24(32)38;1-2;/h5-8,11,15-16,19-20,26-27,30-31,37,45,51H,4,9-10,13-14,17-18,39H2,1-3H3,(H,40,50)(H,41,55)(H,42,53)(H,43,49)(H,44,52)(H,46,54);2H,1H3;/q-1;;+1/t19?,20?,26?,27?,30?,31?,37?,38-;;/m0../s1. The third kappa shape index (κ3) is 11.0. The Morgan fingerprint density at radius 1 is 1.05 bits per heavy atom. The van der Waals surface area contributed by atoms with Gasteiger partial charge >= 0.3 is 29.6 Å². The van der Waals surface area contributed by atoms with Crippen LogP contribution in [0.2, 0.25) is 0 Å². The molecule has 0 saturated carbocycles. The van der Waals surface area contributed by atoms with Crippen LogP contribution < -0.4 is 77.2 Å². The molecule has 0 saturated heterocycles. The number of rotatable bonds is 14. The molecular formula is C39H51N8NaO11. The van der Waals surface area contributed by atoms with Crippen LogP contribution in [0.3, 0.4) is 0 Å². The van der Waals surface area contributed by atoms with Gasteiger partial charge in [0.2, 0.25) is 35.4 Å². The van der Waals surface area contributed by atoms with E-state index in [2.05, 4.69) is 37.2 Å². The molecule has 11 N–H and O–H groups in total. The second kappa shape index (κ2) is 21.9. The number of hydrogen-bond acceptors (Lipinski definition) is 13.